The molecule has 5 rings (SSSR count). The van der Waals surface area contributed by atoms with Gasteiger partial charge in [-0.2, -0.15) is 13.2 Å². The summed E-state index contributed by atoms with van der Waals surface area (Å²) >= 11 is 12.9. The van der Waals surface area contributed by atoms with Crippen molar-refractivity contribution in [1.29, 1.82) is 0 Å². The van der Waals surface area contributed by atoms with Crippen molar-refractivity contribution in [1.82, 2.24) is 14.9 Å². The van der Waals surface area contributed by atoms with E-state index in [0.717, 1.165) is 48.2 Å². The molecule has 2 aromatic heterocycles. The summed E-state index contributed by atoms with van der Waals surface area (Å²) in [5.41, 5.74) is 8.10. The van der Waals surface area contributed by atoms with E-state index >= 15 is 0 Å². The molecule has 3 N–H and O–H groups in total. The van der Waals surface area contributed by atoms with Gasteiger partial charge in [-0.25, -0.2) is 0 Å². The van der Waals surface area contributed by atoms with Gasteiger partial charge in [-0.05, 0) is 66.0 Å². The number of nitrogens with zero attached hydrogens (tertiary/aromatic N) is 2. The Hall–Kier alpha value is -2.29. The predicted molar refractivity (Wildman–Crippen MR) is 121 cm³/mol. The number of carbonyl (C=O) groups excluding carboxylic acids is 1. The van der Waals surface area contributed by atoms with Gasteiger partial charge >= 0.3 is 6.18 Å². The summed E-state index contributed by atoms with van der Waals surface area (Å²) in [6.07, 6.45) is -0.203. The van der Waals surface area contributed by atoms with Crippen molar-refractivity contribution in [2.75, 3.05) is 19.6 Å². The first-order valence-corrected chi connectivity index (χ1v) is 11.4. The smallest absolute Gasteiger partial charge is 0.357 e. The van der Waals surface area contributed by atoms with Crippen LogP contribution >= 0.6 is 23.2 Å². The lowest BCUT2D eigenvalue weighted by molar-refractivity contribution is -0.141. The van der Waals surface area contributed by atoms with Crippen LogP contribution in [0.4, 0.5) is 13.2 Å². The molecule has 1 spiro atoms. The fraction of sp³-hybridized carbons (Fsp3) is 0.391. The zero-order chi connectivity index (χ0) is 23.5. The third-order valence-electron chi connectivity index (χ3n) is 6.95. The topological polar surface area (TPSA) is 75.0 Å². The van der Waals surface area contributed by atoms with Gasteiger partial charge in [0, 0.05) is 30.4 Å². The Balaban J connectivity index is 1.65. The number of H-pyrrole nitrogens is 1. The Morgan fingerprint density at radius 1 is 1.27 bits per heavy atom. The Morgan fingerprint density at radius 3 is 2.79 bits per heavy atom. The highest BCUT2D eigenvalue weighted by Crippen LogP contribution is 2.48. The number of halogens is 5. The second-order valence-electron chi connectivity index (χ2n) is 8.93. The molecule has 0 saturated carbocycles. The van der Waals surface area contributed by atoms with Crippen LogP contribution < -0.4 is 5.73 Å². The summed E-state index contributed by atoms with van der Waals surface area (Å²) in [7, 11) is 0. The van der Waals surface area contributed by atoms with Crippen molar-refractivity contribution < 1.29 is 18.0 Å². The summed E-state index contributed by atoms with van der Waals surface area (Å²) in [6, 6.07) is 4.20. The molecule has 5 nitrogen and oxygen atoms in total. The number of likely N-dealkylation sites (tertiary alicyclic amines) is 1. The molecule has 1 fully saturated rings. The van der Waals surface area contributed by atoms with Crippen molar-refractivity contribution in [3.8, 4) is 11.1 Å². The van der Waals surface area contributed by atoms with Crippen LogP contribution in [0, 0.1) is 5.41 Å². The number of pyridine rings is 1. The van der Waals surface area contributed by atoms with Crippen LogP contribution in [0.15, 0.2) is 24.4 Å². The molecule has 10 heteroatoms. The Morgan fingerprint density at radius 2 is 2.06 bits per heavy atom. The zero-order valence-corrected chi connectivity index (χ0v) is 19.0. The monoisotopic (exact) mass is 496 g/mol. The third kappa shape index (κ3) is 3.78. The number of nitrogens with one attached hydrogen (secondary N) is 1. The number of fused-ring (bicyclic) bond motifs is 3. The van der Waals surface area contributed by atoms with Gasteiger partial charge in [-0.1, -0.05) is 23.2 Å². The maximum absolute atomic E-state index is 13.3. The standard InChI is InChI=1S/C23H21Cl2F3N4O/c24-15-8-13(12-2-5-30-17(7-12)23(26,27)28)19-14-9-22(4-6-32(11-22)18(33)10-29)3-1-16(14)31-21(19)20(15)25/h2,5,7-8,31H,1,3-4,6,9-11,29H2. The SMILES string of the molecule is NCC(=O)N1CCC2(CCc3[nH]c4c(Cl)c(Cl)cc(-c5ccnc(C(F)(F)F)c5)c4c3C2)C1. The molecule has 0 bridgehead atoms. The number of nitrogens with two attached hydrogens (primary N) is 1. The van der Waals surface area contributed by atoms with Gasteiger partial charge < -0.3 is 15.6 Å². The maximum atomic E-state index is 13.3. The average molecular weight is 497 g/mol. The maximum Gasteiger partial charge on any atom is 0.433 e. The number of rotatable bonds is 2. The van der Waals surface area contributed by atoms with Crippen molar-refractivity contribution in [2.24, 2.45) is 11.1 Å². The lowest BCUT2D eigenvalue weighted by Crippen LogP contribution is -2.38. The first kappa shape index (κ1) is 22.5. The van der Waals surface area contributed by atoms with Crippen LogP contribution in [-0.2, 0) is 23.8 Å². The zero-order valence-electron chi connectivity index (χ0n) is 17.5. The predicted octanol–water partition coefficient (Wildman–Crippen LogP) is 5.22. The molecule has 1 aliphatic carbocycles. The number of alkyl halides is 3. The molecular weight excluding hydrogens is 476 g/mol. The van der Waals surface area contributed by atoms with Gasteiger partial charge in [0.05, 0.1) is 22.1 Å². The largest absolute Gasteiger partial charge is 0.433 e. The first-order chi connectivity index (χ1) is 15.6. The normalized spacial score (nSPS) is 20.6. The van der Waals surface area contributed by atoms with Crippen molar-refractivity contribution in [3.63, 3.8) is 0 Å². The van der Waals surface area contributed by atoms with E-state index in [1.165, 1.54) is 0 Å². The molecule has 1 atom stereocenters. The highest BCUT2D eigenvalue weighted by molar-refractivity contribution is 6.45. The van der Waals surface area contributed by atoms with E-state index in [-0.39, 0.29) is 22.9 Å². The van der Waals surface area contributed by atoms with Gasteiger partial charge in [0.25, 0.3) is 0 Å². The number of amides is 1. The minimum absolute atomic E-state index is 0.0176. The highest BCUT2D eigenvalue weighted by atomic mass is 35.5. The molecule has 174 valence electrons. The molecule has 0 radical (unpaired) electrons. The van der Waals surface area contributed by atoms with E-state index in [4.69, 9.17) is 28.9 Å². The van der Waals surface area contributed by atoms with E-state index < -0.39 is 11.9 Å². The van der Waals surface area contributed by atoms with Gasteiger partial charge in [0.15, 0.2) is 0 Å². The molecule has 3 heterocycles. The molecule has 1 unspecified atom stereocenters. The van der Waals surface area contributed by atoms with Crippen LogP contribution in [0.1, 0.15) is 29.8 Å². The quantitative estimate of drug-likeness (QED) is 0.510. The Bertz CT molecular complexity index is 1270. The number of hydrogen-bond acceptors (Lipinski definition) is 3. The molecule has 2 aliphatic rings. The molecule has 1 amide bonds. The van der Waals surface area contributed by atoms with E-state index in [2.05, 4.69) is 9.97 Å². The molecule has 3 aromatic rings. The summed E-state index contributed by atoms with van der Waals surface area (Å²) in [6.45, 7) is 1.27. The van der Waals surface area contributed by atoms with Crippen LogP contribution in [0.2, 0.25) is 10.0 Å². The molecule has 1 aromatic carbocycles. The van der Waals surface area contributed by atoms with Crippen LogP contribution in [0.5, 0.6) is 0 Å². The lowest BCUT2D eigenvalue weighted by Gasteiger charge is -2.33. The number of aryl methyl sites for hydroxylation is 1. The van der Waals surface area contributed by atoms with Crippen molar-refractivity contribution >= 4 is 40.0 Å². The summed E-state index contributed by atoms with van der Waals surface area (Å²) in [4.78, 5) is 20.8. The van der Waals surface area contributed by atoms with Gasteiger partial charge in [-0.15, -0.1) is 0 Å². The second kappa shape index (κ2) is 7.89. The van der Waals surface area contributed by atoms with Crippen LogP contribution in [-0.4, -0.2) is 40.4 Å². The van der Waals surface area contributed by atoms with Gasteiger partial charge in [-0.3, -0.25) is 9.78 Å². The average Bonchev–Trinajstić information content (AvgIpc) is 3.37. The Kier molecular flexibility index (Phi) is 5.38. The Labute approximate surface area is 198 Å². The number of carbonyl (C=O) groups is 1. The second-order valence-corrected chi connectivity index (χ2v) is 9.71. The molecule has 1 saturated heterocycles. The summed E-state index contributed by atoms with van der Waals surface area (Å²) < 4.78 is 40.0. The lowest BCUT2D eigenvalue weighted by atomic mass is 9.72. The van der Waals surface area contributed by atoms with Crippen LogP contribution in [0.25, 0.3) is 22.0 Å². The minimum Gasteiger partial charge on any atom is -0.357 e. The third-order valence-corrected chi connectivity index (χ3v) is 7.73. The van der Waals surface area contributed by atoms with E-state index in [9.17, 15) is 18.0 Å². The fourth-order valence-electron chi connectivity index (χ4n) is 5.30. The van der Waals surface area contributed by atoms with Crippen molar-refractivity contribution in [2.45, 2.75) is 31.9 Å². The van der Waals surface area contributed by atoms with E-state index in [0.29, 0.717) is 41.2 Å². The first-order valence-electron chi connectivity index (χ1n) is 10.6. The summed E-state index contributed by atoms with van der Waals surface area (Å²) in [5.74, 6) is -0.0661. The molecule has 33 heavy (non-hydrogen) atoms. The van der Waals surface area contributed by atoms with Crippen molar-refractivity contribution in [3.05, 3.63) is 51.4 Å². The number of aromatic amines is 1. The number of hydrogen-bond donors (Lipinski definition) is 2. The minimum atomic E-state index is -4.56. The molecule has 1 aliphatic heterocycles. The van der Waals surface area contributed by atoms with E-state index in [1.54, 1.807) is 12.1 Å². The number of benzene rings is 1. The van der Waals surface area contributed by atoms with E-state index in [1.807, 2.05) is 4.90 Å². The van der Waals surface area contributed by atoms with Gasteiger partial charge in [0.2, 0.25) is 5.91 Å². The number of aromatic nitrogens is 2. The highest BCUT2D eigenvalue weighted by Gasteiger charge is 2.43. The van der Waals surface area contributed by atoms with Crippen LogP contribution in [0.3, 0.4) is 0 Å². The fourth-order valence-corrected chi connectivity index (χ4v) is 5.70. The van der Waals surface area contributed by atoms with Gasteiger partial charge in [0.1, 0.15) is 5.69 Å². The summed E-state index contributed by atoms with van der Waals surface area (Å²) in [5, 5.41) is 1.38. The molecular formula is C23H21Cl2F3N4O.